The molecule has 0 spiro atoms. The molecule has 0 unspecified atom stereocenters. The van der Waals surface area contributed by atoms with Crippen molar-refractivity contribution < 1.29 is 9.47 Å². The van der Waals surface area contributed by atoms with E-state index in [9.17, 15) is 0 Å². The van der Waals surface area contributed by atoms with E-state index in [1.165, 1.54) is 0 Å². The summed E-state index contributed by atoms with van der Waals surface area (Å²) in [6.45, 7) is 4.00. The van der Waals surface area contributed by atoms with Crippen molar-refractivity contribution in [1.82, 2.24) is 10.2 Å². The maximum absolute atomic E-state index is 8.89. The van der Waals surface area contributed by atoms with E-state index in [0.717, 1.165) is 35.1 Å². The molecule has 0 amide bonds. The number of rotatable bonds is 7. The van der Waals surface area contributed by atoms with E-state index in [4.69, 9.17) is 19.7 Å². The van der Waals surface area contributed by atoms with E-state index in [2.05, 4.69) is 16.3 Å². The minimum absolute atomic E-state index is 0.540. The standard InChI is InChI=1S/C21H26N4O2/c1-5-23-21(24-14-17-8-6-16(13-22)7-9-17)25(2)15-18-10-11-19(26-3)12-20(18)27-4/h6-12H,5,14-15H2,1-4H3,(H,23,24). The van der Waals surface area contributed by atoms with Crippen LogP contribution in [0.4, 0.5) is 0 Å². The van der Waals surface area contributed by atoms with Gasteiger partial charge in [0.1, 0.15) is 11.5 Å². The van der Waals surface area contributed by atoms with Crippen molar-refractivity contribution in [2.24, 2.45) is 4.99 Å². The second-order valence-corrected chi connectivity index (χ2v) is 6.01. The van der Waals surface area contributed by atoms with Gasteiger partial charge in [-0.15, -0.1) is 0 Å². The van der Waals surface area contributed by atoms with Crippen LogP contribution in [0, 0.1) is 11.3 Å². The highest BCUT2D eigenvalue weighted by atomic mass is 16.5. The largest absolute Gasteiger partial charge is 0.497 e. The number of aliphatic imine (C=N–C) groups is 1. The summed E-state index contributed by atoms with van der Waals surface area (Å²) in [6, 6.07) is 15.4. The first-order valence-corrected chi connectivity index (χ1v) is 8.80. The lowest BCUT2D eigenvalue weighted by molar-refractivity contribution is 0.382. The van der Waals surface area contributed by atoms with Crippen LogP contribution in [-0.4, -0.2) is 38.7 Å². The van der Waals surface area contributed by atoms with Crippen LogP contribution in [0.2, 0.25) is 0 Å². The van der Waals surface area contributed by atoms with Gasteiger partial charge in [-0.3, -0.25) is 0 Å². The average molecular weight is 366 g/mol. The van der Waals surface area contributed by atoms with Gasteiger partial charge in [-0.25, -0.2) is 4.99 Å². The van der Waals surface area contributed by atoms with E-state index in [1.807, 2.05) is 56.4 Å². The summed E-state index contributed by atoms with van der Waals surface area (Å²) in [5.74, 6) is 2.35. The van der Waals surface area contributed by atoms with Crippen molar-refractivity contribution in [3.05, 3.63) is 59.2 Å². The van der Waals surface area contributed by atoms with Crippen molar-refractivity contribution in [2.75, 3.05) is 27.8 Å². The SMILES string of the molecule is CCNC(=NCc1ccc(C#N)cc1)N(C)Cc1ccc(OC)cc1OC. The summed E-state index contributed by atoms with van der Waals surface area (Å²) >= 11 is 0. The number of hydrogen-bond donors (Lipinski definition) is 1. The predicted molar refractivity (Wildman–Crippen MR) is 107 cm³/mol. The van der Waals surface area contributed by atoms with Crippen LogP contribution in [0.3, 0.4) is 0 Å². The number of nitrogens with zero attached hydrogens (tertiary/aromatic N) is 3. The first-order valence-electron chi connectivity index (χ1n) is 8.80. The molecule has 0 saturated carbocycles. The summed E-state index contributed by atoms with van der Waals surface area (Å²) in [6.07, 6.45) is 0. The minimum Gasteiger partial charge on any atom is -0.497 e. The summed E-state index contributed by atoms with van der Waals surface area (Å²) in [4.78, 5) is 6.76. The van der Waals surface area contributed by atoms with Gasteiger partial charge in [0, 0.05) is 31.8 Å². The molecule has 2 rings (SSSR count). The van der Waals surface area contributed by atoms with Crippen molar-refractivity contribution in [1.29, 1.82) is 5.26 Å². The first kappa shape index (κ1) is 20.1. The molecule has 0 aliphatic rings. The van der Waals surface area contributed by atoms with Crippen molar-refractivity contribution in [3.63, 3.8) is 0 Å². The molecule has 0 aliphatic heterocycles. The van der Waals surface area contributed by atoms with E-state index < -0.39 is 0 Å². The van der Waals surface area contributed by atoms with Gasteiger partial charge in [-0.05, 0) is 36.8 Å². The molecular weight excluding hydrogens is 340 g/mol. The fourth-order valence-electron chi connectivity index (χ4n) is 2.63. The predicted octanol–water partition coefficient (Wildman–Crippen LogP) is 3.17. The average Bonchev–Trinajstić information content (AvgIpc) is 2.71. The Bertz CT molecular complexity index is 810. The molecule has 0 radical (unpaired) electrons. The highest BCUT2D eigenvalue weighted by Crippen LogP contribution is 2.25. The molecule has 6 heteroatoms. The molecule has 0 aromatic heterocycles. The fourth-order valence-corrected chi connectivity index (χ4v) is 2.63. The summed E-state index contributed by atoms with van der Waals surface area (Å²) in [5, 5.41) is 12.2. The molecule has 0 heterocycles. The Hall–Kier alpha value is -3.20. The van der Waals surface area contributed by atoms with Gasteiger partial charge < -0.3 is 19.7 Å². The van der Waals surface area contributed by atoms with Crippen LogP contribution >= 0.6 is 0 Å². The van der Waals surface area contributed by atoms with Crippen LogP contribution < -0.4 is 14.8 Å². The molecule has 0 aliphatic carbocycles. The Kier molecular flexibility index (Phi) is 7.50. The zero-order valence-electron chi connectivity index (χ0n) is 16.3. The van der Waals surface area contributed by atoms with E-state index in [1.54, 1.807) is 14.2 Å². The molecule has 0 bridgehead atoms. The third-order valence-electron chi connectivity index (χ3n) is 4.09. The van der Waals surface area contributed by atoms with Crippen molar-refractivity contribution in [2.45, 2.75) is 20.0 Å². The van der Waals surface area contributed by atoms with Gasteiger partial charge in [0.15, 0.2) is 5.96 Å². The lowest BCUT2D eigenvalue weighted by atomic mass is 10.1. The van der Waals surface area contributed by atoms with Crippen LogP contribution in [-0.2, 0) is 13.1 Å². The molecule has 142 valence electrons. The molecule has 0 atom stereocenters. The lowest BCUT2D eigenvalue weighted by Crippen LogP contribution is -2.38. The number of benzene rings is 2. The van der Waals surface area contributed by atoms with Crippen LogP contribution in [0.25, 0.3) is 0 Å². The zero-order chi connectivity index (χ0) is 19.6. The second-order valence-electron chi connectivity index (χ2n) is 6.01. The van der Waals surface area contributed by atoms with E-state index in [-0.39, 0.29) is 0 Å². The summed E-state index contributed by atoms with van der Waals surface area (Å²) < 4.78 is 10.7. The van der Waals surface area contributed by atoms with Gasteiger partial charge in [0.2, 0.25) is 0 Å². The topological polar surface area (TPSA) is 69.9 Å². The van der Waals surface area contributed by atoms with Crippen LogP contribution in [0.5, 0.6) is 11.5 Å². The third-order valence-corrected chi connectivity index (χ3v) is 4.09. The van der Waals surface area contributed by atoms with Crippen molar-refractivity contribution in [3.8, 4) is 17.6 Å². The molecule has 27 heavy (non-hydrogen) atoms. The number of nitriles is 1. The molecular formula is C21H26N4O2. The van der Waals surface area contributed by atoms with Crippen LogP contribution in [0.1, 0.15) is 23.6 Å². The quantitative estimate of drug-likeness (QED) is 0.602. The third kappa shape index (κ3) is 5.65. The fraction of sp³-hybridized carbons (Fsp3) is 0.333. The Morgan fingerprint density at radius 1 is 1.15 bits per heavy atom. The minimum atomic E-state index is 0.540. The molecule has 1 N–H and O–H groups in total. The van der Waals surface area contributed by atoms with Gasteiger partial charge in [0.05, 0.1) is 32.4 Å². The molecule has 2 aromatic rings. The van der Waals surface area contributed by atoms with E-state index in [0.29, 0.717) is 18.7 Å². The lowest BCUT2D eigenvalue weighted by Gasteiger charge is -2.23. The van der Waals surface area contributed by atoms with Gasteiger partial charge in [-0.2, -0.15) is 5.26 Å². The summed E-state index contributed by atoms with van der Waals surface area (Å²) in [5.41, 5.74) is 2.75. The smallest absolute Gasteiger partial charge is 0.194 e. The highest BCUT2D eigenvalue weighted by molar-refractivity contribution is 5.79. The normalized spacial score (nSPS) is 10.9. The maximum atomic E-state index is 8.89. The van der Waals surface area contributed by atoms with Crippen LogP contribution in [0.15, 0.2) is 47.5 Å². The van der Waals surface area contributed by atoms with Crippen molar-refractivity contribution >= 4 is 5.96 Å². The zero-order valence-corrected chi connectivity index (χ0v) is 16.3. The number of hydrogen-bond acceptors (Lipinski definition) is 4. The Morgan fingerprint density at radius 2 is 1.89 bits per heavy atom. The van der Waals surface area contributed by atoms with Gasteiger partial charge in [-0.1, -0.05) is 12.1 Å². The monoisotopic (exact) mass is 366 g/mol. The van der Waals surface area contributed by atoms with Gasteiger partial charge in [0.25, 0.3) is 0 Å². The molecule has 0 fully saturated rings. The number of nitrogens with one attached hydrogen (secondary N) is 1. The number of ether oxygens (including phenoxy) is 2. The molecule has 0 saturated heterocycles. The highest BCUT2D eigenvalue weighted by Gasteiger charge is 2.11. The maximum Gasteiger partial charge on any atom is 0.194 e. The Morgan fingerprint density at radius 3 is 2.48 bits per heavy atom. The molecule has 2 aromatic carbocycles. The number of methoxy groups -OCH3 is 2. The number of guanidine groups is 1. The van der Waals surface area contributed by atoms with E-state index >= 15 is 0 Å². The first-order chi connectivity index (χ1) is 13.1. The second kappa shape index (κ2) is 10.1. The molecule has 6 nitrogen and oxygen atoms in total. The Balaban J connectivity index is 2.13. The summed E-state index contributed by atoms with van der Waals surface area (Å²) in [7, 11) is 5.28. The Labute approximate surface area is 161 Å². The van der Waals surface area contributed by atoms with Gasteiger partial charge >= 0.3 is 0 Å².